The molecule has 26 heavy (non-hydrogen) atoms. The number of amides is 1. The second kappa shape index (κ2) is 8.83. The molecule has 2 aromatic carbocycles. The Bertz CT molecular complexity index is 767. The van der Waals surface area contributed by atoms with E-state index < -0.39 is 5.97 Å². The average Bonchev–Trinajstić information content (AvgIpc) is 3.12. The van der Waals surface area contributed by atoms with Crippen molar-refractivity contribution >= 4 is 30.0 Å². The highest BCUT2D eigenvalue weighted by Crippen LogP contribution is 2.28. The molecule has 0 bridgehead atoms. The van der Waals surface area contributed by atoms with Crippen LogP contribution in [-0.2, 0) is 9.59 Å². The lowest BCUT2D eigenvalue weighted by molar-refractivity contribution is -0.141. The van der Waals surface area contributed by atoms with Gasteiger partial charge in [0.05, 0.1) is 12.0 Å². The number of carbonyl (C=O) groups is 2. The quantitative estimate of drug-likeness (QED) is 0.840. The normalized spacial score (nSPS) is 18.0. The number of rotatable bonds is 5. The maximum Gasteiger partial charge on any atom is 0.307 e. The molecule has 1 amide bonds. The minimum absolute atomic E-state index is 0. The summed E-state index contributed by atoms with van der Waals surface area (Å²) in [6, 6.07) is 17.2. The molecule has 6 heteroatoms. The fourth-order valence-corrected chi connectivity index (χ4v) is 3.21. The van der Waals surface area contributed by atoms with Crippen molar-refractivity contribution in [1.82, 2.24) is 4.90 Å². The predicted molar refractivity (Wildman–Crippen MR) is 105 cm³/mol. The van der Waals surface area contributed by atoms with Crippen LogP contribution in [0.2, 0.25) is 0 Å². The maximum atomic E-state index is 12.7. The Hall–Kier alpha value is -2.37. The topological polar surface area (TPSA) is 69.6 Å². The lowest BCUT2D eigenvalue weighted by Gasteiger charge is -2.23. The Kier molecular flexibility index (Phi) is 6.77. The summed E-state index contributed by atoms with van der Waals surface area (Å²) in [4.78, 5) is 25.7. The van der Waals surface area contributed by atoms with E-state index in [2.05, 4.69) is 5.32 Å². The van der Waals surface area contributed by atoms with Crippen molar-refractivity contribution < 1.29 is 14.7 Å². The zero-order valence-corrected chi connectivity index (χ0v) is 15.4. The second-order valence-corrected chi connectivity index (χ2v) is 6.40. The first-order valence-electron chi connectivity index (χ1n) is 8.48. The lowest BCUT2D eigenvalue weighted by Crippen LogP contribution is -2.41. The number of anilines is 1. The van der Waals surface area contributed by atoms with Gasteiger partial charge in [0.15, 0.2) is 0 Å². The van der Waals surface area contributed by atoms with E-state index in [4.69, 9.17) is 5.11 Å². The van der Waals surface area contributed by atoms with Gasteiger partial charge in [-0.3, -0.25) is 14.5 Å². The van der Waals surface area contributed by atoms with E-state index in [-0.39, 0.29) is 30.3 Å². The van der Waals surface area contributed by atoms with Gasteiger partial charge in [0.1, 0.15) is 0 Å². The highest BCUT2D eigenvalue weighted by molar-refractivity contribution is 5.98. The Morgan fingerprint density at radius 3 is 2.42 bits per heavy atom. The van der Waals surface area contributed by atoms with Crippen LogP contribution in [-0.4, -0.2) is 41.0 Å². The molecule has 1 saturated heterocycles. The van der Waals surface area contributed by atoms with Gasteiger partial charge in [-0.1, -0.05) is 48.5 Å². The van der Waals surface area contributed by atoms with Crippen LogP contribution < -0.4 is 5.32 Å². The van der Waals surface area contributed by atoms with Gasteiger partial charge in [0, 0.05) is 17.8 Å². The highest BCUT2D eigenvalue weighted by atomic mass is 35.5. The van der Waals surface area contributed by atoms with Crippen LogP contribution >= 0.6 is 12.4 Å². The summed E-state index contributed by atoms with van der Waals surface area (Å²) in [7, 11) is 0. The van der Waals surface area contributed by atoms with Gasteiger partial charge in [0.2, 0.25) is 5.91 Å². The highest BCUT2D eigenvalue weighted by Gasteiger charge is 2.33. The minimum atomic E-state index is -0.787. The fourth-order valence-electron chi connectivity index (χ4n) is 3.21. The SMILES string of the molecule is CC(C(=O)Nc1ccccc1-c1ccccc1)N1CCC(C(=O)O)C1.Cl. The maximum absolute atomic E-state index is 12.7. The van der Waals surface area contributed by atoms with Gasteiger partial charge in [-0.05, 0) is 31.5 Å². The number of hydrogen-bond donors (Lipinski definition) is 2. The zero-order valence-electron chi connectivity index (χ0n) is 14.6. The number of carbonyl (C=O) groups excluding carboxylic acids is 1. The van der Waals surface area contributed by atoms with E-state index in [0.717, 1.165) is 16.8 Å². The van der Waals surface area contributed by atoms with Gasteiger partial charge in [-0.2, -0.15) is 0 Å². The molecular formula is C20H23ClN2O3. The third-order valence-electron chi connectivity index (χ3n) is 4.77. The first-order valence-corrected chi connectivity index (χ1v) is 8.48. The van der Waals surface area contributed by atoms with Gasteiger partial charge in [-0.25, -0.2) is 0 Å². The molecule has 0 spiro atoms. The monoisotopic (exact) mass is 374 g/mol. The lowest BCUT2D eigenvalue weighted by atomic mass is 10.0. The number of para-hydroxylation sites is 1. The van der Waals surface area contributed by atoms with Crippen molar-refractivity contribution in [3.63, 3.8) is 0 Å². The third-order valence-corrected chi connectivity index (χ3v) is 4.77. The summed E-state index contributed by atoms with van der Waals surface area (Å²) in [6.07, 6.45) is 0.591. The summed E-state index contributed by atoms with van der Waals surface area (Å²) in [5.41, 5.74) is 2.77. The number of benzene rings is 2. The number of aliphatic carboxylic acids is 1. The predicted octanol–water partition coefficient (Wildman–Crippen LogP) is 3.51. The molecule has 2 aromatic rings. The molecule has 2 unspecified atom stereocenters. The van der Waals surface area contributed by atoms with Crippen LogP contribution in [0.1, 0.15) is 13.3 Å². The van der Waals surface area contributed by atoms with Crippen molar-refractivity contribution in [3.05, 3.63) is 54.6 Å². The third kappa shape index (κ3) is 4.42. The number of likely N-dealkylation sites (tertiary alicyclic amines) is 1. The fraction of sp³-hybridized carbons (Fsp3) is 0.300. The van der Waals surface area contributed by atoms with Gasteiger partial charge >= 0.3 is 5.97 Å². The summed E-state index contributed by atoms with van der Waals surface area (Å²) in [6.45, 7) is 2.88. The van der Waals surface area contributed by atoms with E-state index in [9.17, 15) is 9.59 Å². The average molecular weight is 375 g/mol. The Morgan fingerprint density at radius 2 is 1.77 bits per heavy atom. The van der Waals surface area contributed by atoms with Gasteiger partial charge in [-0.15, -0.1) is 12.4 Å². The smallest absolute Gasteiger partial charge is 0.307 e. The van der Waals surface area contributed by atoms with Crippen LogP contribution in [0.5, 0.6) is 0 Å². The molecule has 0 aromatic heterocycles. The Morgan fingerprint density at radius 1 is 1.12 bits per heavy atom. The second-order valence-electron chi connectivity index (χ2n) is 6.40. The number of hydrogen-bond acceptors (Lipinski definition) is 3. The number of carboxylic acid groups (broad SMARTS) is 1. The molecule has 1 fully saturated rings. The van der Waals surface area contributed by atoms with Crippen LogP contribution in [0.25, 0.3) is 11.1 Å². The minimum Gasteiger partial charge on any atom is -0.481 e. The number of carboxylic acids is 1. The molecule has 2 N–H and O–H groups in total. The molecule has 0 aliphatic carbocycles. The molecule has 138 valence electrons. The molecular weight excluding hydrogens is 352 g/mol. The van der Waals surface area contributed by atoms with Crippen molar-refractivity contribution in [1.29, 1.82) is 0 Å². The van der Waals surface area contributed by atoms with Crippen LogP contribution in [0.15, 0.2) is 54.6 Å². The molecule has 2 atom stereocenters. The molecule has 5 nitrogen and oxygen atoms in total. The first-order chi connectivity index (χ1) is 12.1. The summed E-state index contributed by atoms with van der Waals surface area (Å²) in [5.74, 6) is -1.29. The van der Waals surface area contributed by atoms with Crippen LogP contribution in [0.4, 0.5) is 5.69 Å². The molecule has 3 rings (SSSR count). The molecule has 0 radical (unpaired) electrons. The molecule has 1 aliphatic rings. The summed E-state index contributed by atoms with van der Waals surface area (Å²) in [5, 5.41) is 12.1. The first kappa shape index (κ1) is 19.9. The van der Waals surface area contributed by atoms with Crippen molar-refractivity contribution in [2.75, 3.05) is 18.4 Å². The van der Waals surface area contributed by atoms with E-state index in [1.807, 2.05) is 66.4 Å². The molecule has 0 saturated carbocycles. The number of halogens is 1. The van der Waals surface area contributed by atoms with Crippen molar-refractivity contribution in [2.45, 2.75) is 19.4 Å². The summed E-state index contributed by atoms with van der Waals surface area (Å²) < 4.78 is 0. The van der Waals surface area contributed by atoms with E-state index in [1.54, 1.807) is 0 Å². The number of nitrogens with one attached hydrogen (secondary N) is 1. The van der Waals surface area contributed by atoms with Crippen LogP contribution in [0, 0.1) is 5.92 Å². The van der Waals surface area contributed by atoms with Crippen molar-refractivity contribution in [2.24, 2.45) is 5.92 Å². The van der Waals surface area contributed by atoms with Gasteiger partial charge in [0.25, 0.3) is 0 Å². The van der Waals surface area contributed by atoms with Crippen LogP contribution in [0.3, 0.4) is 0 Å². The Labute approximate surface area is 159 Å². The zero-order chi connectivity index (χ0) is 17.8. The van der Waals surface area contributed by atoms with E-state index in [1.165, 1.54) is 0 Å². The van der Waals surface area contributed by atoms with E-state index >= 15 is 0 Å². The standard InChI is InChI=1S/C20H22N2O3.ClH/c1-14(22-12-11-16(13-22)20(24)25)19(23)21-18-10-6-5-9-17(18)15-7-3-2-4-8-15;/h2-10,14,16H,11-13H2,1H3,(H,21,23)(H,24,25);1H. The summed E-state index contributed by atoms with van der Waals surface area (Å²) >= 11 is 0. The Balaban J connectivity index is 0.00000243. The molecule has 1 aliphatic heterocycles. The molecule has 1 heterocycles. The number of nitrogens with zero attached hydrogens (tertiary/aromatic N) is 1. The van der Waals surface area contributed by atoms with E-state index in [0.29, 0.717) is 19.5 Å². The van der Waals surface area contributed by atoms with Gasteiger partial charge < -0.3 is 10.4 Å². The van der Waals surface area contributed by atoms with Crippen molar-refractivity contribution in [3.8, 4) is 11.1 Å². The largest absolute Gasteiger partial charge is 0.481 e.